The number of nitrogens with zero attached hydrogens (tertiary/aromatic N) is 7. The minimum Gasteiger partial charge on any atom is -0.266 e. The average molecular weight is 358 g/mol. The number of aromatic amines is 1. The van der Waals surface area contributed by atoms with Gasteiger partial charge in [0, 0.05) is 6.20 Å². The topological polar surface area (TPSA) is 107 Å². The van der Waals surface area contributed by atoms with Gasteiger partial charge in [-0.05, 0) is 25.5 Å². The van der Waals surface area contributed by atoms with Gasteiger partial charge in [0.25, 0.3) is 11.5 Å². The maximum absolute atomic E-state index is 12.9. The highest BCUT2D eigenvalue weighted by molar-refractivity contribution is 5.84. The molecule has 0 fully saturated rings. The van der Waals surface area contributed by atoms with E-state index in [0.717, 1.165) is 16.8 Å². The van der Waals surface area contributed by atoms with Gasteiger partial charge in [0.15, 0.2) is 11.2 Å². The maximum atomic E-state index is 12.9. The molecule has 0 unspecified atom stereocenters. The lowest BCUT2D eigenvalue weighted by molar-refractivity contribution is 0.874. The lowest BCUT2D eigenvalue weighted by atomic mass is 10.1. The zero-order valence-corrected chi connectivity index (χ0v) is 14.6. The highest BCUT2D eigenvalue weighted by Gasteiger charge is 2.18. The van der Waals surface area contributed by atoms with E-state index in [1.807, 2.05) is 37.3 Å². The van der Waals surface area contributed by atoms with Crippen LogP contribution in [0.4, 0.5) is 0 Å². The first-order valence-electron chi connectivity index (χ1n) is 8.35. The third kappa shape index (κ3) is 2.25. The van der Waals surface area contributed by atoms with E-state index in [-0.39, 0.29) is 17.0 Å². The van der Waals surface area contributed by atoms with Gasteiger partial charge in [-0.1, -0.05) is 30.3 Å². The number of aryl methyl sites for hydroxylation is 2. The number of pyridine rings is 1. The fourth-order valence-electron chi connectivity index (χ4n) is 3.19. The van der Waals surface area contributed by atoms with Crippen LogP contribution >= 0.6 is 0 Å². The first-order chi connectivity index (χ1) is 13.1. The number of rotatable bonds is 2. The summed E-state index contributed by atoms with van der Waals surface area (Å²) in [4.78, 5) is 17.1. The first-order valence-corrected chi connectivity index (χ1v) is 8.35. The molecule has 5 aromatic rings. The monoisotopic (exact) mass is 358 g/mol. The molecule has 1 aromatic carbocycles. The van der Waals surface area contributed by atoms with Crippen LogP contribution in [0.1, 0.15) is 11.5 Å². The number of benzene rings is 1. The van der Waals surface area contributed by atoms with Crippen molar-refractivity contribution in [2.45, 2.75) is 13.8 Å². The van der Waals surface area contributed by atoms with E-state index in [9.17, 15) is 4.79 Å². The summed E-state index contributed by atoms with van der Waals surface area (Å²) in [6, 6.07) is 11.7. The highest BCUT2D eigenvalue weighted by atomic mass is 16.1. The second kappa shape index (κ2) is 5.56. The summed E-state index contributed by atoms with van der Waals surface area (Å²) in [6.07, 6.45) is 1.62. The van der Waals surface area contributed by atoms with Gasteiger partial charge in [0.2, 0.25) is 0 Å². The molecule has 0 radical (unpaired) electrons. The summed E-state index contributed by atoms with van der Waals surface area (Å²) < 4.78 is 3.00. The molecule has 0 amide bonds. The van der Waals surface area contributed by atoms with E-state index < -0.39 is 0 Å². The van der Waals surface area contributed by atoms with E-state index in [0.29, 0.717) is 17.0 Å². The highest BCUT2D eigenvalue weighted by Crippen LogP contribution is 2.27. The molecular weight excluding hydrogens is 344 g/mol. The molecule has 0 bridgehead atoms. The van der Waals surface area contributed by atoms with Crippen LogP contribution in [0.2, 0.25) is 0 Å². The lowest BCUT2D eigenvalue weighted by Gasteiger charge is -2.04. The predicted molar refractivity (Wildman–Crippen MR) is 98.7 cm³/mol. The Morgan fingerprint density at radius 3 is 2.59 bits per heavy atom. The number of nitrogens with one attached hydrogen (secondary N) is 1. The minimum absolute atomic E-state index is 0.203. The van der Waals surface area contributed by atoms with Crippen molar-refractivity contribution >= 4 is 16.7 Å². The number of aromatic nitrogens is 8. The molecule has 0 aliphatic heterocycles. The Labute approximate surface area is 152 Å². The van der Waals surface area contributed by atoms with E-state index in [1.165, 1.54) is 4.57 Å². The molecule has 0 spiro atoms. The average Bonchev–Trinajstić information content (AvgIpc) is 3.25. The third-order valence-corrected chi connectivity index (χ3v) is 4.42. The molecule has 27 heavy (non-hydrogen) atoms. The van der Waals surface area contributed by atoms with Gasteiger partial charge in [-0.3, -0.25) is 9.89 Å². The molecule has 5 rings (SSSR count). The van der Waals surface area contributed by atoms with Gasteiger partial charge >= 0.3 is 0 Å². The van der Waals surface area contributed by atoms with E-state index in [1.54, 1.807) is 23.7 Å². The van der Waals surface area contributed by atoms with Crippen molar-refractivity contribution < 1.29 is 0 Å². The molecule has 0 aliphatic carbocycles. The lowest BCUT2D eigenvalue weighted by Crippen LogP contribution is -2.21. The van der Waals surface area contributed by atoms with Crippen molar-refractivity contribution in [1.82, 2.24) is 39.6 Å². The fraction of sp³-hybridized carbons (Fsp3) is 0.111. The summed E-state index contributed by atoms with van der Waals surface area (Å²) in [6.45, 7) is 3.68. The van der Waals surface area contributed by atoms with Crippen LogP contribution in [0.5, 0.6) is 0 Å². The Bertz CT molecular complexity index is 1360. The van der Waals surface area contributed by atoms with Gasteiger partial charge in [-0.25, -0.2) is 9.08 Å². The van der Waals surface area contributed by atoms with Crippen LogP contribution in [0.3, 0.4) is 0 Å². The zero-order chi connectivity index (χ0) is 18.5. The van der Waals surface area contributed by atoms with Crippen molar-refractivity contribution in [3.63, 3.8) is 0 Å². The van der Waals surface area contributed by atoms with Crippen molar-refractivity contribution in [3.8, 4) is 17.1 Å². The Kier molecular flexibility index (Phi) is 3.17. The summed E-state index contributed by atoms with van der Waals surface area (Å²) in [5.41, 5.74) is 3.76. The predicted octanol–water partition coefficient (Wildman–Crippen LogP) is 1.83. The number of fused-ring (bicyclic) bond motifs is 3. The Balaban J connectivity index is 1.80. The summed E-state index contributed by atoms with van der Waals surface area (Å²) in [5.74, 6) is 0.886. The van der Waals surface area contributed by atoms with Gasteiger partial charge in [-0.15, -0.1) is 15.3 Å². The van der Waals surface area contributed by atoms with E-state index in [4.69, 9.17) is 0 Å². The van der Waals surface area contributed by atoms with Crippen LogP contribution < -0.4 is 5.56 Å². The van der Waals surface area contributed by atoms with Gasteiger partial charge in [-0.2, -0.15) is 10.1 Å². The molecule has 4 aromatic heterocycles. The van der Waals surface area contributed by atoms with Gasteiger partial charge < -0.3 is 0 Å². The summed E-state index contributed by atoms with van der Waals surface area (Å²) in [5, 5.41) is 19.8. The van der Waals surface area contributed by atoms with Crippen LogP contribution in [0.25, 0.3) is 33.8 Å². The third-order valence-electron chi connectivity index (χ3n) is 4.42. The quantitative estimate of drug-likeness (QED) is 0.516. The molecule has 9 heteroatoms. The molecule has 0 atom stereocenters. The largest absolute Gasteiger partial charge is 0.287 e. The number of H-pyrrole nitrogens is 1. The van der Waals surface area contributed by atoms with Crippen molar-refractivity contribution in [1.29, 1.82) is 0 Å². The first kappa shape index (κ1) is 15.4. The molecule has 4 heterocycles. The van der Waals surface area contributed by atoms with Crippen molar-refractivity contribution in [3.05, 3.63) is 64.5 Å². The smallest absolute Gasteiger partial charge is 0.266 e. The second-order valence-corrected chi connectivity index (χ2v) is 6.21. The van der Waals surface area contributed by atoms with Crippen LogP contribution in [-0.4, -0.2) is 39.6 Å². The summed E-state index contributed by atoms with van der Waals surface area (Å²) in [7, 11) is 0. The van der Waals surface area contributed by atoms with Gasteiger partial charge in [0.05, 0.1) is 11.3 Å². The Morgan fingerprint density at radius 1 is 1.04 bits per heavy atom. The SMILES string of the molecule is Cc1nc(-n2ccc3c(nnc4c(-c5ccccc5)c(C)nn43)c2=O)n[nH]1. The second-order valence-electron chi connectivity index (χ2n) is 6.21. The molecule has 0 saturated carbocycles. The molecule has 132 valence electrons. The Morgan fingerprint density at radius 2 is 1.85 bits per heavy atom. The summed E-state index contributed by atoms with van der Waals surface area (Å²) >= 11 is 0. The minimum atomic E-state index is -0.352. The van der Waals surface area contributed by atoms with Gasteiger partial charge in [0.1, 0.15) is 11.3 Å². The van der Waals surface area contributed by atoms with Crippen LogP contribution in [-0.2, 0) is 0 Å². The molecule has 1 N–H and O–H groups in total. The Hall–Kier alpha value is -3.88. The van der Waals surface area contributed by atoms with Crippen molar-refractivity contribution in [2.75, 3.05) is 0 Å². The van der Waals surface area contributed by atoms with E-state index >= 15 is 0 Å². The van der Waals surface area contributed by atoms with Crippen molar-refractivity contribution in [2.24, 2.45) is 0 Å². The maximum Gasteiger partial charge on any atom is 0.287 e. The number of hydrogen-bond donors (Lipinski definition) is 1. The van der Waals surface area contributed by atoms with E-state index in [2.05, 4.69) is 30.5 Å². The molecule has 9 nitrogen and oxygen atoms in total. The standard InChI is InChI=1S/C18H14N8O/c1-10-14(12-6-4-3-5-7-12)16-22-21-15-13(26(16)24-10)8-9-25(17(15)27)18-19-11(2)20-23-18/h3-9H,1-2H3,(H,19,20,23). The molecule has 0 saturated heterocycles. The molecular formula is C18H14N8O. The fourth-order valence-corrected chi connectivity index (χ4v) is 3.19. The molecule has 0 aliphatic rings. The van der Waals surface area contributed by atoms with Crippen LogP contribution in [0, 0.1) is 13.8 Å². The van der Waals surface area contributed by atoms with Crippen LogP contribution in [0.15, 0.2) is 47.4 Å². The zero-order valence-electron chi connectivity index (χ0n) is 14.6. The number of hydrogen-bond acceptors (Lipinski definition) is 6. The normalized spacial score (nSPS) is 11.5.